The van der Waals surface area contributed by atoms with E-state index in [1.54, 1.807) is 18.2 Å². The molecule has 17 heavy (non-hydrogen) atoms. The first-order valence-corrected chi connectivity index (χ1v) is 5.12. The molecular weight excluding hydrogens is 224 g/mol. The van der Waals surface area contributed by atoms with E-state index in [0.29, 0.717) is 12.0 Å². The van der Waals surface area contributed by atoms with Crippen molar-refractivity contribution in [3.63, 3.8) is 0 Å². The highest BCUT2D eigenvalue weighted by Gasteiger charge is 2.19. The molecule has 0 aliphatic rings. The van der Waals surface area contributed by atoms with Crippen molar-refractivity contribution in [2.24, 2.45) is 5.73 Å². The van der Waals surface area contributed by atoms with Crippen molar-refractivity contribution in [2.45, 2.75) is 18.9 Å². The summed E-state index contributed by atoms with van der Waals surface area (Å²) >= 11 is 0. The molecule has 0 aromatic heterocycles. The van der Waals surface area contributed by atoms with Gasteiger partial charge in [-0.05, 0) is 6.42 Å². The van der Waals surface area contributed by atoms with E-state index in [2.05, 4.69) is 4.74 Å². The van der Waals surface area contributed by atoms with Crippen LogP contribution in [0.4, 0.5) is 5.69 Å². The maximum Gasteiger partial charge on any atom is 0.305 e. The van der Waals surface area contributed by atoms with Crippen molar-refractivity contribution in [3.05, 3.63) is 39.9 Å². The second kappa shape index (κ2) is 5.95. The first kappa shape index (κ1) is 13.1. The van der Waals surface area contributed by atoms with Crippen LogP contribution in [-0.2, 0) is 9.53 Å². The van der Waals surface area contributed by atoms with Crippen LogP contribution < -0.4 is 5.73 Å². The minimum Gasteiger partial charge on any atom is -0.469 e. The summed E-state index contributed by atoms with van der Waals surface area (Å²) in [6.07, 6.45) is 0.460. The first-order valence-electron chi connectivity index (χ1n) is 5.12. The second-order valence-corrected chi connectivity index (χ2v) is 3.54. The highest BCUT2D eigenvalue weighted by Crippen LogP contribution is 2.25. The molecule has 1 atom stereocenters. The van der Waals surface area contributed by atoms with Gasteiger partial charge in [-0.2, -0.15) is 0 Å². The molecule has 0 aliphatic heterocycles. The maximum atomic E-state index is 11.0. The van der Waals surface area contributed by atoms with Crippen molar-refractivity contribution in [1.82, 2.24) is 0 Å². The highest BCUT2D eigenvalue weighted by molar-refractivity contribution is 5.69. The summed E-state index contributed by atoms with van der Waals surface area (Å²) in [6.45, 7) is 0. The van der Waals surface area contributed by atoms with Gasteiger partial charge in [0, 0.05) is 24.1 Å². The number of nitro groups is 1. The quantitative estimate of drug-likeness (QED) is 0.477. The molecule has 0 fully saturated rings. The molecule has 0 spiro atoms. The lowest BCUT2D eigenvalue weighted by Gasteiger charge is -2.11. The third-order valence-electron chi connectivity index (χ3n) is 2.42. The normalized spacial score (nSPS) is 11.9. The summed E-state index contributed by atoms with van der Waals surface area (Å²) in [5.41, 5.74) is 6.23. The lowest BCUT2D eigenvalue weighted by molar-refractivity contribution is -0.385. The summed E-state index contributed by atoms with van der Waals surface area (Å²) in [5, 5.41) is 10.8. The standard InChI is InChI=1S/C11H14N2O4/c1-17-11(14)7-6-9(12)8-4-2-3-5-10(8)13(15)16/h2-5,9H,6-7,12H2,1H3. The summed E-state index contributed by atoms with van der Waals surface area (Å²) in [6, 6.07) is 5.71. The van der Waals surface area contributed by atoms with Crippen LogP contribution in [0.5, 0.6) is 0 Å². The third-order valence-corrected chi connectivity index (χ3v) is 2.42. The Labute approximate surface area is 98.5 Å². The second-order valence-electron chi connectivity index (χ2n) is 3.54. The average molecular weight is 238 g/mol. The van der Waals surface area contributed by atoms with Gasteiger partial charge in [0.15, 0.2) is 0 Å². The number of nitro benzene ring substituents is 1. The Hall–Kier alpha value is -1.95. The van der Waals surface area contributed by atoms with E-state index in [4.69, 9.17) is 5.73 Å². The van der Waals surface area contributed by atoms with Crippen LogP contribution in [-0.4, -0.2) is 18.0 Å². The summed E-state index contributed by atoms with van der Waals surface area (Å²) < 4.78 is 4.49. The van der Waals surface area contributed by atoms with Crippen LogP contribution in [0.25, 0.3) is 0 Å². The molecule has 0 radical (unpaired) electrons. The van der Waals surface area contributed by atoms with E-state index < -0.39 is 11.0 Å². The number of nitrogens with zero attached hydrogens (tertiary/aromatic N) is 1. The lowest BCUT2D eigenvalue weighted by atomic mass is 10.0. The first-order chi connectivity index (χ1) is 8.06. The van der Waals surface area contributed by atoms with Crippen LogP contribution in [0.15, 0.2) is 24.3 Å². The maximum absolute atomic E-state index is 11.0. The van der Waals surface area contributed by atoms with Crippen LogP contribution >= 0.6 is 0 Å². The molecule has 0 saturated carbocycles. The molecule has 0 amide bonds. The molecule has 2 N–H and O–H groups in total. The monoisotopic (exact) mass is 238 g/mol. The number of nitrogens with two attached hydrogens (primary N) is 1. The number of methoxy groups -OCH3 is 1. The molecule has 6 nitrogen and oxygen atoms in total. The van der Waals surface area contributed by atoms with Crippen molar-refractivity contribution >= 4 is 11.7 Å². The van der Waals surface area contributed by atoms with Crippen molar-refractivity contribution in [3.8, 4) is 0 Å². The topological polar surface area (TPSA) is 95.5 Å². The number of hydrogen-bond acceptors (Lipinski definition) is 5. The minimum absolute atomic E-state index is 0.0233. The van der Waals surface area contributed by atoms with Gasteiger partial charge in [0.05, 0.1) is 12.0 Å². The predicted molar refractivity (Wildman–Crippen MR) is 61.3 cm³/mol. The fourth-order valence-electron chi connectivity index (χ4n) is 1.50. The molecule has 6 heteroatoms. The van der Waals surface area contributed by atoms with Gasteiger partial charge in [-0.25, -0.2) is 0 Å². The van der Waals surface area contributed by atoms with E-state index >= 15 is 0 Å². The van der Waals surface area contributed by atoms with Gasteiger partial charge in [-0.1, -0.05) is 18.2 Å². The van der Waals surface area contributed by atoms with Crippen molar-refractivity contribution < 1.29 is 14.5 Å². The van der Waals surface area contributed by atoms with E-state index in [1.165, 1.54) is 13.2 Å². The predicted octanol–water partition coefficient (Wildman–Crippen LogP) is 1.55. The molecule has 0 saturated heterocycles. The van der Waals surface area contributed by atoms with Crippen LogP contribution in [0.2, 0.25) is 0 Å². The van der Waals surface area contributed by atoms with E-state index in [1.807, 2.05) is 0 Å². The van der Waals surface area contributed by atoms with E-state index in [0.717, 1.165) is 0 Å². The zero-order chi connectivity index (χ0) is 12.8. The molecule has 0 aliphatic carbocycles. The Bertz CT molecular complexity index is 420. The molecule has 0 heterocycles. The summed E-state index contributed by atoms with van der Waals surface area (Å²) in [5.74, 6) is -0.376. The number of esters is 1. The molecule has 92 valence electrons. The van der Waals surface area contributed by atoms with Gasteiger partial charge < -0.3 is 10.5 Å². The molecule has 1 rings (SSSR count). The largest absolute Gasteiger partial charge is 0.469 e. The molecule has 1 unspecified atom stereocenters. The van der Waals surface area contributed by atoms with Gasteiger partial charge >= 0.3 is 5.97 Å². The molecular formula is C11H14N2O4. The summed E-state index contributed by atoms with van der Waals surface area (Å²) in [4.78, 5) is 21.3. The van der Waals surface area contributed by atoms with Gasteiger partial charge in [-0.15, -0.1) is 0 Å². The average Bonchev–Trinajstić information content (AvgIpc) is 2.35. The van der Waals surface area contributed by atoms with Gasteiger partial charge in [0.25, 0.3) is 5.69 Å². The lowest BCUT2D eigenvalue weighted by Crippen LogP contribution is -2.14. The zero-order valence-electron chi connectivity index (χ0n) is 9.46. The smallest absolute Gasteiger partial charge is 0.305 e. The van der Waals surface area contributed by atoms with Crippen LogP contribution in [0.1, 0.15) is 24.4 Å². The zero-order valence-corrected chi connectivity index (χ0v) is 9.46. The van der Waals surface area contributed by atoms with Crippen LogP contribution in [0.3, 0.4) is 0 Å². The van der Waals surface area contributed by atoms with Crippen molar-refractivity contribution in [2.75, 3.05) is 7.11 Å². The minimum atomic E-state index is -0.546. The summed E-state index contributed by atoms with van der Waals surface area (Å²) in [7, 11) is 1.29. The Morgan fingerprint density at radius 2 is 2.18 bits per heavy atom. The number of carbonyl (C=O) groups excluding carboxylic acids is 1. The number of para-hydroxylation sites is 1. The number of rotatable bonds is 5. The van der Waals surface area contributed by atoms with E-state index in [9.17, 15) is 14.9 Å². The van der Waals surface area contributed by atoms with E-state index in [-0.39, 0.29) is 18.1 Å². The molecule has 1 aromatic carbocycles. The Kier molecular flexibility index (Phi) is 4.59. The Balaban J connectivity index is 2.78. The molecule has 1 aromatic rings. The number of hydrogen-bond donors (Lipinski definition) is 1. The fraction of sp³-hybridized carbons (Fsp3) is 0.364. The highest BCUT2D eigenvalue weighted by atomic mass is 16.6. The number of ether oxygens (including phenoxy) is 1. The molecule has 0 bridgehead atoms. The third kappa shape index (κ3) is 3.53. The van der Waals surface area contributed by atoms with Gasteiger partial charge in [0.2, 0.25) is 0 Å². The van der Waals surface area contributed by atoms with Gasteiger partial charge in [-0.3, -0.25) is 14.9 Å². The Morgan fingerprint density at radius 1 is 1.53 bits per heavy atom. The van der Waals surface area contributed by atoms with Gasteiger partial charge in [0.1, 0.15) is 0 Å². The number of carbonyl (C=O) groups is 1. The fourth-order valence-corrected chi connectivity index (χ4v) is 1.50. The van der Waals surface area contributed by atoms with Crippen LogP contribution in [0, 0.1) is 10.1 Å². The van der Waals surface area contributed by atoms with Crippen molar-refractivity contribution in [1.29, 1.82) is 0 Å². The Morgan fingerprint density at radius 3 is 2.76 bits per heavy atom. The number of benzene rings is 1. The SMILES string of the molecule is COC(=O)CCC(N)c1ccccc1[N+](=O)[O-].